The van der Waals surface area contributed by atoms with Gasteiger partial charge in [0.25, 0.3) is 0 Å². The van der Waals surface area contributed by atoms with Crippen LogP contribution in [0.2, 0.25) is 10.0 Å². The zero-order chi connectivity index (χ0) is 23.8. The molecule has 4 atom stereocenters. The van der Waals surface area contributed by atoms with Crippen molar-refractivity contribution in [3.05, 3.63) is 69.7 Å². The molecule has 0 bridgehead atoms. The molecule has 1 aliphatic carbocycles. The number of ketones is 1. The maximum absolute atomic E-state index is 13.6. The molecule has 2 aromatic rings. The third-order valence-corrected chi connectivity index (χ3v) is 7.42. The Morgan fingerprint density at radius 2 is 1.82 bits per heavy atom. The Balaban J connectivity index is 1.62. The highest BCUT2D eigenvalue weighted by Gasteiger charge is 2.47. The van der Waals surface area contributed by atoms with Crippen LogP contribution in [0.1, 0.15) is 62.0 Å². The zero-order valence-electron chi connectivity index (χ0n) is 18.4. The predicted molar refractivity (Wildman–Crippen MR) is 128 cm³/mol. The van der Waals surface area contributed by atoms with E-state index in [0.717, 1.165) is 24.0 Å². The van der Waals surface area contributed by atoms with E-state index >= 15 is 0 Å². The lowest BCUT2D eigenvalue weighted by atomic mass is 9.68. The largest absolute Gasteiger partial charge is 0.481 e. The lowest BCUT2D eigenvalue weighted by Gasteiger charge is -2.42. The molecule has 2 N–H and O–H groups in total. The number of halogens is 2. The van der Waals surface area contributed by atoms with Crippen molar-refractivity contribution in [3.63, 3.8) is 0 Å². The molecule has 2 aliphatic rings. The number of benzene rings is 2. The Kier molecular flexibility index (Phi) is 6.83. The highest BCUT2D eigenvalue weighted by Crippen LogP contribution is 2.46. The second-order valence-electron chi connectivity index (χ2n) is 9.61. The van der Waals surface area contributed by atoms with Gasteiger partial charge in [-0.2, -0.15) is 0 Å². The Hall–Kier alpha value is -2.37. The molecule has 0 radical (unpaired) electrons. The van der Waals surface area contributed by atoms with Crippen molar-refractivity contribution >= 4 is 40.9 Å². The van der Waals surface area contributed by atoms with Crippen LogP contribution >= 0.6 is 23.2 Å². The molecule has 5 nitrogen and oxygen atoms in total. The van der Waals surface area contributed by atoms with Gasteiger partial charge in [-0.1, -0.05) is 54.4 Å². The second-order valence-corrected chi connectivity index (χ2v) is 10.5. The van der Waals surface area contributed by atoms with E-state index in [1.807, 2.05) is 30.3 Å². The van der Waals surface area contributed by atoms with Gasteiger partial charge in [-0.25, -0.2) is 0 Å². The van der Waals surface area contributed by atoms with Crippen molar-refractivity contribution in [2.24, 2.45) is 11.3 Å². The highest BCUT2D eigenvalue weighted by atomic mass is 35.5. The molecule has 0 spiro atoms. The van der Waals surface area contributed by atoms with E-state index in [1.54, 1.807) is 25.1 Å². The van der Waals surface area contributed by atoms with Gasteiger partial charge >= 0.3 is 5.97 Å². The van der Waals surface area contributed by atoms with Gasteiger partial charge in [-0.05, 0) is 60.6 Å². The first kappa shape index (κ1) is 23.8. The molecule has 7 heteroatoms. The smallest absolute Gasteiger partial charge is 0.304 e. The van der Waals surface area contributed by atoms with Crippen LogP contribution in [0.5, 0.6) is 0 Å². The summed E-state index contributed by atoms with van der Waals surface area (Å²) in [5.74, 6) is -1.41. The lowest BCUT2D eigenvalue weighted by molar-refractivity contribution is -0.147. The van der Waals surface area contributed by atoms with Crippen LogP contribution in [0.15, 0.2) is 48.5 Å². The van der Waals surface area contributed by atoms with Crippen molar-refractivity contribution in [1.82, 2.24) is 5.32 Å². The van der Waals surface area contributed by atoms with Crippen LogP contribution in [0.4, 0.5) is 0 Å². The molecule has 2 aromatic carbocycles. The lowest BCUT2D eigenvalue weighted by Crippen LogP contribution is -2.54. The molecule has 1 saturated heterocycles. The summed E-state index contributed by atoms with van der Waals surface area (Å²) in [6, 6.07) is 14.3. The van der Waals surface area contributed by atoms with E-state index in [4.69, 9.17) is 23.2 Å². The number of Topliss-reactive ketones (excluding diaryl/α,β-unsaturated/α-hetero) is 1. The Morgan fingerprint density at radius 1 is 1.12 bits per heavy atom. The Bertz CT molecular complexity index is 1070. The molecule has 1 heterocycles. The quantitative estimate of drug-likeness (QED) is 0.507. The maximum atomic E-state index is 13.6. The summed E-state index contributed by atoms with van der Waals surface area (Å²) in [5, 5.41) is 13.6. The molecule has 174 valence electrons. The fourth-order valence-electron chi connectivity index (χ4n) is 5.09. The summed E-state index contributed by atoms with van der Waals surface area (Å²) < 4.78 is 0. The average Bonchev–Trinajstić information content (AvgIpc) is 3.57. The number of hydrogen-bond acceptors (Lipinski definition) is 3. The van der Waals surface area contributed by atoms with Crippen LogP contribution in [0, 0.1) is 11.3 Å². The van der Waals surface area contributed by atoms with E-state index in [2.05, 4.69) is 5.32 Å². The molecule has 1 saturated carbocycles. The number of hydrogen-bond donors (Lipinski definition) is 2. The fourth-order valence-corrected chi connectivity index (χ4v) is 5.42. The minimum absolute atomic E-state index is 0.0824. The zero-order valence-corrected chi connectivity index (χ0v) is 19.9. The van der Waals surface area contributed by atoms with Crippen LogP contribution in [0.3, 0.4) is 0 Å². The van der Waals surface area contributed by atoms with Crippen LogP contribution in [-0.2, 0) is 14.4 Å². The van der Waals surface area contributed by atoms with Gasteiger partial charge in [0.2, 0.25) is 5.91 Å². The summed E-state index contributed by atoms with van der Waals surface area (Å²) >= 11 is 12.3. The Labute approximate surface area is 203 Å². The first-order valence-electron chi connectivity index (χ1n) is 11.2. The molecule has 1 amide bonds. The summed E-state index contributed by atoms with van der Waals surface area (Å²) in [6.45, 7) is 1.67. The van der Waals surface area contributed by atoms with Gasteiger partial charge in [0.15, 0.2) is 0 Å². The molecular weight excluding hydrogens is 461 g/mol. The van der Waals surface area contributed by atoms with Crippen molar-refractivity contribution in [1.29, 1.82) is 0 Å². The monoisotopic (exact) mass is 487 g/mol. The molecular formula is C26H27Cl2NO4. The van der Waals surface area contributed by atoms with Crippen molar-refractivity contribution in [2.45, 2.75) is 56.9 Å². The molecule has 4 rings (SSSR count). The summed E-state index contributed by atoms with van der Waals surface area (Å²) in [5.41, 5.74) is 0.778. The van der Waals surface area contributed by atoms with Gasteiger partial charge in [0.1, 0.15) is 5.78 Å². The van der Waals surface area contributed by atoms with Crippen LogP contribution in [-0.4, -0.2) is 28.8 Å². The van der Waals surface area contributed by atoms with Gasteiger partial charge in [-0.3, -0.25) is 14.4 Å². The molecule has 33 heavy (non-hydrogen) atoms. The Morgan fingerprint density at radius 3 is 2.42 bits per heavy atom. The number of piperidine rings is 1. The summed E-state index contributed by atoms with van der Waals surface area (Å²) in [4.78, 5) is 38.0. The van der Waals surface area contributed by atoms with E-state index in [0.29, 0.717) is 22.4 Å². The van der Waals surface area contributed by atoms with Crippen molar-refractivity contribution < 1.29 is 19.5 Å². The molecule has 0 unspecified atom stereocenters. The predicted octanol–water partition coefficient (Wildman–Crippen LogP) is 5.60. The molecule has 1 aliphatic heterocycles. The van der Waals surface area contributed by atoms with Gasteiger partial charge in [0, 0.05) is 34.3 Å². The fraction of sp³-hybridized carbons (Fsp3) is 0.423. The number of amides is 1. The van der Waals surface area contributed by atoms with Gasteiger partial charge in [0.05, 0.1) is 11.8 Å². The molecule has 0 aromatic heterocycles. The van der Waals surface area contributed by atoms with Gasteiger partial charge < -0.3 is 10.4 Å². The normalized spacial score (nSPS) is 25.8. The number of carbonyl (C=O) groups excluding carboxylic acids is 2. The second kappa shape index (κ2) is 9.47. The number of nitrogens with one attached hydrogen (secondary N) is 1. The maximum Gasteiger partial charge on any atom is 0.304 e. The van der Waals surface area contributed by atoms with Crippen molar-refractivity contribution in [2.75, 3.05) is 0 Å². The summed E-state index contributed by atoms with van der Waals surface area (Å²) in [7, 11) is 0. The van der Waals surface area contributed by atoms with E-state index in [-0.39, 0.29) is 36.4 Å². The van der Waals surface area contributed by atoms with E-state index in [1.165, 1.54) is 0 Å². The first-order chi connectivity index (χ1) is 15.7. The van der Waals surface area contributed by atoms with Gasteiger partial charge in [-0.15, -0.1) is 0 Å². The van der Waals surface area contributed by atoms with Crippen LogP contribution in [0.25, 0.3) is 0 Å². The minimum Gasteiger partial charge on any atom is -0.481 e. The van der Waals surface area contributed by atoms with Crippen LogP contribution < -0.4 is 5.32 Å². The SMILES string of the molecule is C[C@@]1(CC(=O)O)C[C@H](c2cccc(Cl)c2)[C@H](CC(=O)[C@H](c2ccc(Cl)cc2)C2CC2)NC1=O. The highest BCUT2D eigenvalue weighted by molar-refractivity contribution is 6.30. The van der Waals surface area contributed by atoms with E-state index < -0.39 is 17.4 Å². The van der Waals surface area contributed by atoms with Crippen molar-refractivity contribution in [3.8, 4) is 0 Å². The number of carboxylic acids is 1. The minimum atomic E-state index is -1.07. The van der Waals surface area contributed by atoms with E-state index in [9.17, 15) is 19.5 Å². The summed E-state index contributed by atoms with van der Waals surface area (Å²) in [6.07, 6.45) is 2.25. The topological polar surface area (TPSA) is 83.5 Å². The number of aliphatic carboxylic acids is 1. The third kappa shape index (κ3) is 5.42. The number of rotatable bonds is 8. The average molecular weight is 488 g/mol. The standard InChI is InChI=1S/C26H27Cl2NO4/c1-26(14-23(31)32)13-20(17-3-2-4-19(28)11-17)21(29-25(26)33)12-22(30)24(15-5-6-15)16-7-9-18(27)10-8-16/h2-4,7-11,15,20-21,24H,5-6,12-14H2,1H3,(H,29,33)(H,31,32)/t20-,21+,24+,26+/m1/s1. The first-order valence-corrected chi connectivity index (χ1v) is 12.0. The molecule has 2 fully saturated rings. The number of carbonyl (C=O) groups is 3. The number of carboxylic acid groups (broad SMARTS) is 1. The third-order valence-electron chi connectivity index (χ3n) is 6.93.